The van der Waals surface area contributed by atoms with Crippen LogP contribution in [-0.4, -0.2) is 60.4 Å². The lowest BCUT2D eigenvalue weighted by Crippen LogP contribution is -2.46. The molecule has 1 aliphatic heterocycles. The number of rotatable bonds is 8. The summed E-state index contributed by atoms with van der Waals surface area (Å²) in [7, 11) is -3.68. The Morgan fingerprint density at radius 1 is 1.17 bits per heavy atom. The van der Waals surface area contributed by atoms with Gasteiger partial charge in [-0.25, -0.2) is 14.2 Å². The fourth-order valence-corrected chi connectivity index (χ4v) is 6.63. The van der Waals surface area contributed by atoms with Gasteiger partial charge in [0.25, 0.3) is 11.5 Å². The summed E-state index contributed by atoms with van der Waals surface area (Å²) < 4.78 is 65.7. The van der Waals surface area contributed by atoms with E-state index in [1.54, 1.807) is 52.0 Å². The maximum Gasteiger partial charge on any atom is 0.417 e. The Morgan fingerprint density at radius 3 is 2.45 bits per heavy atom. The fourth-order valence-electron chi connectivity index (χ4n) is 5.43. The van der Waals surface area contributed by atoms with Gasteiger partial charge < -0.3 is 19.1 Å². The van der Waals surface area contributed by atoms with E-state index < -0.39 is 37.4 Å². The Morgan fingerprint density at radius 2 is 1.85 bits per heavy atom. The Labute approximate surface area is 276 Å². The molecule has 5 rings (SSSR count). The average Bonchev–Trinajstić information content (AvgIpc) is 3.32. The topological polar surface area (TPSA) is 129 Å². The first kappa shape index (κ1) is 34.6. The lowest BCUT2D eigenvalue weighted by Gasteiger charge is -2.34. The van der Waals surface area contributed by atoms with Crippen molar-refractivity contribution < 1.29 is 36.7 Å². The molecule has 2 aromatic carbocycles. The first-order valence-electron chi connectivity index (χ1n) is 14.5. The predicted octanol–water partition coefficient (Wildman–Crippen LogP) is 6.00. The van der Waals surface area contributed by atoms with Gasteiger partial charge in [-0.15, -0.1) is 0 Å². The number of carbonyl (C=O) groups excluding carboxylic acids is 1. The standard InChI is InChI=1S/C31H32BrF3N5O6P/c1-17-12-19(3)40(37-17)30-36-27-15-38(28(41)21-6-11-26(32)25(14-21)31(33,34)35)18(2)13-24(27)29(42)39(30)22-7-9-23(10-8-22)45-16-20(4)46-47(5,43)44/h6-12,14,18,20H,13,15-16H2,1-5H3,(H,43,44)/t18-,20+/m1/s1. The largest absolute Gasteiger partial charge is 0.491 e. The number of aryl methyl sites for hydroxylation is 2. The van der Waals surface area contributed by atoms with Crippen molar-refractivity contribution in [3.63, 3.8) is 0 Å². The van der Waals surface area contributed by atoms with Gasteiger partial charge in [-0.2, -0.15) is 18.3 Å². The van der Waals surface area contributed by atoms with Crippen LogP contribution in [0.5, 0.6) is 5.75 Å². The highest BCUT2D eigenvalue weighted by Crippen LogP contribution is 2.38. The number of carbonyl (C=O) groups is 1. The maximum atomic E-state index is 14.2. The number of hydrogen-bond donors (Lipinski definition) is 1. The van der Waals surface area contributed by atoms with E-state index in [-0.39, 0.29) is 41.1 Å². The van der Waals surface area contributed by atoms with Crippen molar-refractivity contribution in [3.8, 4) is 17.4 Å². The summed E-state index contributed by atoms with van der Waals surface area (Å²) >= 11 is 2.91. The Kier molecular flexibility index (Phi) is 9.57. The van der Waals surface area contributed by atoms with Crippen LogP contribution in [0.15, 0.2) is 57.8 Å². The molecule has 1 amide bonds. The zero-order chi connectivity index (χ0) is 34.4. The quantitative estimate of drug-likeness (QED) is 0.218. The van der Waals surface area contributed by atoms with Crippen LogP contribution < -0.4 is 10.3 Å². The van der Waals surface area contributed by atoms with Gasteiger partial charge in [-0.05, 0) is 82.6 Å². The van der Waals surface area contributed by atoms with Crippen LogP contribution >= 0.6 is 23.5 Å². The minimum Gasteiger partial charge on any atom is -0.491 e. The van der Waals surface area contributed by atoms with Gasteiger partial charge in [0, 0.05) is 34.0 Å². The van der Waals surface area contributed by atoms with E-state index in [4.69, 9.17) is 14.2 Å². The summed E-state index contributed by atoms with van der Waals surface area (Å²) in [6.07, 6.45) is -5.18. The molecule has 3 heterocycles. The minimum absolute atomic E-state index is 0.0139. The van der Waals surface area contributed by atoms with Gasteiger partial charge in [0.15, 0.2) is 0 Å². The van der Waals surface area contributed by atoms with E-state index in [0.717, 1.165) is 12.7 Å². The number of hydrogen-bond acceptors (Lipinski definition) is 7. The molecule has 0 saturated carbocycles. The van der Waals surface area contributed by atoms with E-state index in [1.165, 1.54) is 26.3 Å². The molecule has 47 heavy (non-hydrogen) atoms. The first-order valence-corrected chi connectivity index (χ1v) is 17.3. The monoisotopic (exact) mass is 737 g/mol. The van der Waals surface area contributed by atoms with Crippen molar-refractivity contribution in [1.29, 1.82) is 0 Å². The first-order chi connectivity index (χ1) is 21.9. The molecule has 0 saturated heterocycles. The van der Waals surface area contributed by atoms with E-state index >= 15 is 0 Å². The summed E-state index contributed by atoms with van der Waals surface area (Å²) in [5, 5.41) is 4.53. The highest BCUT2D eigenvalue weighted by Gasteiger charge is 2.36. The highest BCUT2D eigenvalue weighted by molar-refractivity contribution is 9.10. The lowest BCUT2D eigenvalue weighted by atomic mass is 9.98. The Bertz CT molecular complexity index is 1940. The van der Waals surface area contributed by atoms with Crippen molar-refractivity contribution in [1.82, 2.24) is 24.2 Å². The van der Waals surface area contributed by atoms with Gasteiger partial charge in [0.1, 0.15) is 12.4 Å². The zero-order valence-electron chi connectivity index (χ0n) is 26.1. The second kappa shape index (κ2) is 13.0. The Hall–Kier alpha value is -3.78. The lowest BCUT2D eigenvalue weighted by molar-refractivity contribution is -0.138. The molecule has 0 aliphatic carbocycles. The third kappa shape index (κ3) is 7.53. The van der Waals surface area contributed by atoms with Crippen LogP contribution in [0.3, 0.4) is 0 Å². The number of nitrogens with zero attached hydrogens (tertiary/aromatic N) is 5. The number of amides is 1. The molecule has 1 N–H and O–H groups in total. The van der Waals surface area contributed by atoms with Crippen LogP contribution in [-0.2, 0) is 28.2 Å². The molecule has 16 heteroatoms. The molecule has 1 unspecified atom stereocenters. The molecule has 3 atom stereocenters. The molecule has 4 aromatic rings. The fraction of sp³-hybridized carbons (Fsp3) is 0.355. The summed E-state index contributed by atoms with van der Waals surface area (Å²) in [4.78, 5) is 43.4. The van der Waals surface area contributed by atoms with Gasteiger partial charge in [0.2, 0.25) is 5.95 Å². The molecule has 0 bridgehead atoms. The second-order valence-electron chi connectivity index (χ2n) is 11.5. The number of fused-ring (bicyclic) bond motifs is 1. The number of alkyl halides is 3. The normalized spacial score (nSPS) is 16.8. The Balaban J connectivity index is 1.52. The highest BCUT2D eigenvalue weighted by atomic mass is 79.9. The molecule has 0 fully saturated rings. The zero-order valence-corrected chi connectivity index (χ0v) is 28.6. The summed E-state index contributed by atoms with van der Waals surface area (Å²) in [6.45, 7) is 7.95. The molecular weight excluding hydrogens is 706 g/mol. The summed E-state index contributed by atoms with van der Waals surface area (Å²) in [6, 6.07) is 11.2. The van der Waals surface area contributed by atoms with Crippen molar-refractivity contribution >= 4 is 29.4 Å². The van der Waals surface area contributed by atoms with Crippen LogP contribution in [0.1, 0.15) is 52.4 Å². The molecule has 2 aromatic heterocycles. The number of benzene rings is 2. The predicted molar refractivity (Wildman–Crippen MR) is 170 cm³/mol. The van der Waals surface area contributed by atoms with Gasteiger partial charge >= 0.3 is 13.8 Å². The molecule has 0 spiro atoms. The van der Waals surface area contributed by atoms with E-state index in [0.29, 0.717) is 34.1 Å². The third-order valence-electron chi connectivity index (χ3n) is 7.53. The van der Waals surface area contributed by atoms with Crippen molar-refractivity contribution in [2.24, 2.45) is 0 Å². The van der Waals surface area contributed by atoms with E-state index in [2.05, 4.69) is 21.0 Å². The summed E-state index contributed by atoms with van der Waals surface area (Å²) in [5.41, 5.74) is 1.05. The average molecular weight is 738 g/mol. The van der Waals surface area contributed by atoms with Crippen LogP contribution in [0.2, 0.25) is 0 Å². The van der Waals surface area contributed by atoms with Crippen LogP contribution in [0.4, 0.5) is 13.2 Å². The van der Waals surface area contributed by atoms with Crippen molar-refractivity contribution in [2.75, 3.05) is 13.3 Å². The molecular formula is C31H32BrF3N5O6P. The smallest absolute Gasteiger partial charge is 0.417 e. The second-order valence-corrected chi connectivity index (χ2v) is 14.2. The van der Waals surface area contributed by atoms with Crippen LogP contribution in [0, 0.1) is 13.8 Å². The van der Waals surface area contributed by atoms with Crippen molar-refractivity contribution in [2.45, 2.75) is 59.0 Å². The molecule has 11 nitrogen and oxygen atoms in total. The third-order valence-corrected chi connectivity index (χ3v) is 8.97. The van der Waals surface area contributed by atoms with E-state index in [1.807, 2.05) is 6.07 Å². The van der Waals surface area contributed by atoms with Gasteiger partial charge in [0.05, 0.1) is 35.3 Å². The molecule has 250 valence electrons. The van der Waals surface area contributed by atoms with Gasteiger partial charge in [-0.3, -0.25) is 14.2 Å². The van der Waals surface area contributed by atoms with Crippen molar-refractivity contribution in [3.05, 3.63) is 97.1 Å². The minimum atomic E-state index is -4.66. The van der Waals surface area contributed by atoms with Crippen LogP contribution in [0.25, 0.3) is 11.6 Å². The SMILES string of the molecule is Cc1cc(C)n(-c2nc3c(c(=O)n2-c2ccc(OC[C@H](C)OP(C)(=O)O)cc2)C[C@@H](C)N(C(=O)c2ccc(Br)c(C(F)(F)F)c2)C3)n1. The molecule has 0 radical (unpaired) electrons. The summed E-state index contributed by atoms with van der Waals surface area (Å²) in [5.74, 6) is -0.0124. The van der Waals surface area contributed by atoms with E-state index in [9.17, 15) is 32.2 Å². The number of ether oxygens (including phenoxy) is 1. The molecule has 1 aliphatic rings. The number of halogens is 4. The van der Waals surface area contributed by atoms with Gasteiger partial charge in [-0.1, -0.05) is 15.9 Å². The maximum absolute atomic E-state index is 14.2. The number of aromatic nitrogens is 4.